The SMILES string of the molecule is CCc1ccc(OCC2(C/C(N)=N/O)CC2)c(OC)c1. The Morgan fingerprint density at radius 2 is 2.15 bits per heavy atom. The zero-order chi connectivity index (χ0) is 14.6. The molecule has 1 saturated carbocycles. The van der Waals surface area contributed by atoms with E-state index in [0.717, 1.165) is 30.8 Å². The van der Waals surface area contributed by atoms with E-state index >= 15 is 0 Å². The number of benzene rings is 1. The van der Waals surface area contributed by atoms with Crippen LogP contribution < -0.4 is 15.2 Å². The van der Waals surface area contributed by atoms with E-state index in [1.807, 2.05) is 18.2 Å². The normalized spacial score (nSPS) is 16.8. The zero-order valence-corrected chi connectivity index (χ0v) is 12.1. The van der Waals surface area contributed by atoms with Crippen LogP contribution in [0, 0.1) is 5.41 Å². The zero-order valence-electron chi connectivity index (χ0n) is 12.1. The van der Waals surface area contributed by atoms with Gasteiger partial charge in [-0.2, -0.15) is 0 Å². The van der Waals surface area contributed by atoms with Crippen LogP contribution in [0.1, 0.15) is 31.7 Å². The maximum Gasteiger partial charge on any atom is 0.161 e. The predicted molar refractivity (Wildman–Crippen MR) is 77.6 cm³/mol. The summed E-state index contributed by atoms with van der Waals surface area (Å²) in [5, 5.41) is 11.7. The average molecular weight is 278 g/mol. The van der Waals surface area contributed by atoms with Crippen molar-refractivity contribution in [2.24, 2.45) is 16.3 Å². The molecule has 0 aliphatic heterocycles. The van der Waals surface area contributed by atoms with E-state index in [9.17, 15) is 0 Å². The summed E-state index contributed by atoms with van der Waals surface area (Å²) in [4.78, 5) is 0. The van der Waals surface area contributed by atoms with Gasteiger partial charge in [0.15, 0.2) is 11.5 Å². The summed E-state index contributed by atoms with van der Waals surface area (Å²) in [5.74, 6) is 1.76. The van der Waals surface area contributed by atoms with Crippen molar-refractivity contribution in [2.45, 2.75) is 32.6 Å². The number of oxime groups is 1. The molecule has 20 heavy (non-hydrogen) atoms. The molecule has 1 aromatic carbocycles. The Labute approximate surface area is 119 Å². The Bertz CT molecular complexity index is 496. The quantitative estimate of drug-likeness (QED) is 0.348. The molecule has 0 aromatic heterocycles. The fourth-order valence-electron chi connectivity index (χ4n) is 2.25. The van der Waals surface area contributed by atoms with Gasteiger partial charge in [0.25, 0.3) is 0 Å². The number of hydrogen-bond donors (Lipinski definition) is 2. The van der Waals surface area contributed by atoms with E-state index < -0.39 is 0 Å². The summed E-state index contributed by atoms with van der Waals surface area (Å²) in [6, 6.07) is 5.98. The van der Waals surface area contributed by atoms with Gasteiger partial charge in [0.05, 0.1) is 13.7 Å². The highest BCUT2D eigenvalue weighted by Crippen LogP contribution is 2.49. The summed E-state index contributed by atoms with van der Waals surface area (Å²) in [6.07, 6.45) is 3.61. The van der Waals surface area contributed by atoms with Crippen molar-refractivity contribution in [3.05, 3.63) is 23.8 Å². The predicted octanol–water partition coefficient (Wildman–Crippen LogP) is 2.55. The Hall–Kier alpha value is -1.91. The van der Waals surface area contributed by atoms with Gasteiger partial charge in [0, 0.05) is 11.8 Å². The van der Waals surface area contributed by atoms with Gasteiger partial charge < -0.3 is 20.4 Å². The summed E-state index contributed by atoms with van der Waals surface area (Å²) >= 11 is 0. The average Bonchev–Trinajstić information content (AvgIpc) is 3.24. The molecule has 5 nitrogen and oxygen atoms in total. The smallest absolute Gasteiger partial charge is 0.161 e. The Morgan fingerprint density at radius 3 is 2.70 bits per heavy atom. The third-order valence-corrected chi connectivity index (χ3v) is 3.81. The van der Waals surface area contributed by atoms with Crippen LogP contribution in [0.3, 0.4) is 0 Å². The summed E-state index contributed by atoms with van der Waals surface area (Å²) in [7, 11) is 1.64. The van der Waals surface area contributed by atoms with Crippen LogP contribution in [0.5, 0.6) is 11.5 Å². The second-order valence-electron chi connectivity index (χ2n) is 5.40. The third kappa shape index (κ3) is 3.35. The van der Waals surface area contributed by atoms with E-state index in [-0.39, 0.29) is 11.3 Å². The molecule has 0 atom stereocenters. The van der Waals surface area contributed by atoms with Gasteiger partial charge >= 0.3 is 0 Å². The number of rotatable bonds is 7. The number of hydrogen-bond acceptors (Lipinski definition) is 4. The maximum atomic E-state index is 8.65. The van der Waals surface area contributed by atoms with Crippen molar-refractivity contribution in [1.29, 1.82) is 0 Å². The molecule has 3 N–H and O–H groups in total. The van der Waals surface area contributed by atoms with Gasteiger partial charge in [-0.05, 0) is 37.0 Å². The standard InChI is InChI=1S/C15H22N2O3/c1-3-11-4-5-12(13(8-11)19-2)20-10-15(6-7-15)9-14(16)17-18/h4-5,8,18H,3,6-7,9-10H2,1-2H3,(H2,16,17). The van der Waals surface area contributed by atoms with E-state index in [2.05, 4.69) is 12.1 Å². The first kappa shape index (κ1) is 14.5. The lowest BCUT2D eigenvalue weighted by molar-refractivity contribution is 0.226. The molecule has 0 spiro atoms. The molecular formula is C15H22N2O3. The van der Waals surface area contributed by atoms with E-state index in [1.54, 1.807) is 7.11 Å². The Morgan fingerprint density at radius 1 is 1.40 bits per heavy atom. The number of nitrogens with two attached hydrogens (primary N) is 1. The summed E-state index contributed by atoms with van der Waals surface area (Å²) < 4.78 is 11.2. The Balaban J connectivity index is 2.00. The monoisotopic (exact) mass is 278 g/mol. The van der Waals surface area contributed by atoms with Crippen molar-refractivity contribution in [2.75, 3.05) is 13.7 Å². The van der Waals surface area contributed by atoms with Gasteiger partial charge in [-0.1, -0.05) is 18.1 Å². The highest BCUT2D eigenvalue weighted by atomic mass is 16.5. The largest absolute Gasteiger partial charge is 0.493 e. The van der Waals surface area contributed by atoms with Gasteiger partial charge in [-0.25, -0.2) is 0 Å². The minimum Gasteiger partial charge on any atom is -0.493 e. The van der Waals surface area contributed by atoms with Crippen molar-refractivity contribution >= 4 is 5.84 Å². The van der Waals surface area contributed by atoms with Crippen LogP contribution in [-0.2, 0) is 6.42 Å². The maximum absolute atomic E-state index is 8.65. The number of methoxy groups -OCH3 is 1. The molecule has 5 heteroatoms. The van der Waals surface area contributed by atoms with Crippen LogP contribution in [0.4, 0.5) is 0 Å². The lowest BCUT2D eigenvalue weighted by Gasteiger charge is -2.17. The molecule has 110 valence electrons. The molecule has 0 radical (unpaired) electrons. The molecule has 0 amide bonds. The molecule has 1 fully saturated rings. The molecule has 1 aromatic rings. The van der Waals surface area contributed by atoms with Crippen LogP contribution in [-0.4, -0.2) is 24.8 Å². The van der Waals surface area contributed by atoms with Gasteiger partial charge in [0.1, 0.15) is 5.84 Å². The first-order valence-corrected chi connectivity index (χ1v) is 6.88. The number of aryl methyl sites for hydroxylation is 1. The highest BCUT2D eigenvalue weighted by molar-refractivity contribution is 5.80. The van der Waals surface area contributed by atoms with Crippen LogP contribution >= 0.6 is 0 Å². The highest BCUT2D eigenvalue weighted by Gasteiger charge is 2.44. The van der Waals surface area contributed by atoms with Crippen LogP contribution in [0.25, 0.3) is 0 Å². The lowest BCUT2D eigenvalue weighted by atomic mass is 10.0. The Kier molecular flexibility index (Phi) is 4.37. The van der Waals surface area contributed by atoms with Crippen molar-refractivity contribution in [3.8, 4) is 11.5 Å². The fourth-order valence-corrected chi connectivity index (χ4v) is 2.25. The van der Waals surface area contributed by atoms with Gasteiger partial charge in [-0.3, -0.25) is 0 Å². The molecule has 0 saturated heterocycles. The van der Waals surface area contributed by atoms with Crippen LogP contribution in [0.15, 0.2) is 23.4 Å². The minimum absolute atomic E-state index is 0.0186. The lowest BCUT2D eigenvalue weighted by Crippen LogP contribution is -2.22. The number of nitrogens with zero attached hydrogens (tertiary/aromatic N) is 1. The van der Waals surface area contributed by atoms with E-state index in [4.69, 9.17) is 20.4 Å². The molecule has 0 heterocycles. The van der Waals surface area contributed by atoms with Gasteiger partial charge in [-0.15, -0.1) is 0 Å². The van der Waals surface area contributed by atoms with Crippen molar-refractivity contribution < 1.29 is 14.7 Å². The third-order valence-electron chi connectivity index (χ3n) is 3.81. The van der Waals surface area contributed by atoms with Crippen LogP contribution in [0.2, 0.25) is 0 Å². The molecule has 0 bridgehead atoms. The molecule has 1 aliphatic carbocycles. The molecule has 2 rings (SSSR count). The molecule has 1 aliphatic rings. The van der Waals surface area contributed by atoms with Crippen molar-refractivity contribution in [3.63, 3.8) is 0 Å². The molecule has 0 unspecified atom stereocenters. The van der Waals surface area contributed by atoms with E-state index in [0.29, 0.717) is 13.0 Å². The second-order valence-corrected chi connectivity index (χ2v) is 5.40. The first-order chi connectivity index (χ1) is 9.62. The topological polar surface area (TPSA) is 77.1 Å². The minimum atomic E-state index is 0.0186. The first-order valence-electron chi connectivity index (χ1n) is 6.88. The van der Waals surface area contributed by atoms with E-state index in [1.165, 1.54) is 5.56 Å². The fraction of sp³-hybridized carbons (Fsp3) is 0.533. The number of ether oxygens (including phenoxy) is 2. The summed E-state index contributed by atoms with van der Waals surface area (Å²) in [5.41, 5.74) is 6.82. The second kappa shape index (κ2) is 6.03. The number of amidine groups is 1. The summed E-state index contributed by atoms with van der Waals surface area (Å²) in [6.45, 7) is 2.66. The van der Waals surface area contributed by atoms with Crippen molar-refractivity contribution in [1.82, 2.24) is 0 Å². The molecular weight excluding hydrogens is 256 g/mol. The van der Waals surface area contributed by atoms with Gasteiger partial charge in [0.2, 0.25) is 0 Å².